The molecule has 0 fully saturated rings. The summed E-state index contributed by atoms with van der Waals surface area (Å²) in [5.41, 5.74) is 5.37. The highest BCUT2D eigenvalue weighted by Crippen LogP contribution is 2.45. The number of aromatic hydroxyl groups is 1. The third-order valence-electron chi connectivity index (χ3n) is 6.76. The third kappa shape index (κ3) is 4.62. The Bertz CT molecular complexity index is 1310. The molecule has 0 saturated carbocycles. The van der Waals surface area contributed by atoms with E-state index in [4.69, 9.17) is 4.74 Å². The van der Waals surface area contributed by atoms with Crippen LogP contribution in [0.2, 0.25) is 0 Å². The van der Waals surface area contributed by atoms with Gasteiger partial charge in [-0.2, -0.15) is 0 Å². The summed E-state index contributed by atoms with van der Waals surface area (Å²) in [6, 6.07) is 26.3. The van der Waals surface area contributed by atoms with Crippen molar-refractivity contribution in [2.75, 3.05) is 0 Å². The molecular weight excluding hydrogens is 438 g/mol. The number of carbonyl (C=O) groups is 2. The highest BCUT2D eigenvalue weighted by Gasteiger charge is 2.41. The van der Waals surface area contributed by atoms with E-state index in [1.54, 1.807) is 24.3 Å². The summed E-state index contributed by atoms with van der Waals surface area (Å²) in [7, 11) is 0. The molecule has 2 N–H and O–H groups in total. The lowest BCUT2D eigenvalue weighted by molar-refractivity contribution is -0.140. The number of nitrogens with one attached hydrogen (secondary N) is 1. The van der Waals surface area contributed by atoms with Crippen molar-refractivity contribution in [3.8, 4) is 5.75 Å². The van der Waals surface area contributed by atoms with E-state index >= 15 is 0 Å². The smallest absolute Gasteiger partial charge is 0.337 e. The van der Waals surface area contributed by atoms with Gasteiger partial charge in [0.25, 0.3) is 0 Å². The minimum absolute atomic E-state index is 0.0199. The molecule has 0 aromatic heterocycles. The number of allylic oxidation sites excluding steroid dienone is 3. The second kappa shape index (κ2) is 9.63. The average molecular weight is 466 g/mol. The van der Waals surface area contributed by atoms with Gasteiger partial charge in [0.05, 0.1) is 5.57 Å². The molecule has 176 valence electrons. The standard InChI is InChI=1S/C30H27NO4/c1-19-27(30(34)35-18-20-8-4-2-5-9-20)28(22-12-14-24(32)15-13-22)29-25(31-19)16-23(17-26(29)33)21-10-6-3-7-11-21/h2-15,23,28,31-32H,16-18H2,1H3/t23-,28-/m0/s1. The zero-order valence-electron chi connectivity index (χ0n) is 19.5. The van der Waals surface area contributed by atoms with Crippen LogP contribution in [0.5, 0.6) is 5.75 Å². The molecule has 0 spiro atoms. The van der Waals surface area contributed by atoms with Crippen LogP contribution in [-0.2, 0) is 20.9 Å². The van der Waals surface area contributed by atoms with Gasteiger partial charge in [-0.1, -0.05) is 72.8 Å². The average Bonchev–Trinajstić information content (AvgIpc) is 2.88. The summed E-state index contributed by atoms with van der Waals surface area (Å²) in [5.74, 6) is -0.785. The highest BCUT2D eigenvalue weighted by molar-refractivity contribution is 6.04. The van der Waals surface area contributed by atoms with Gasteiger partial charge in [0.1, 0.15) is 12.4 Å². The van der Waals surface area contributed by atoms with Crippen LogP contribution in [0.15, 0.2) is 107 Å². The topological polar surface area (TPSA) is 75.6 Å². The van der Waals surface area contributed by atoms with Crippen LogP contribution in [0.1, 0.15) is 48.3 Å². The van der Waals surface area contributed by atoms with Crippen LogP contribution in [0.4, 0.5) is 0 Å². The molecule has 3 aromatic carbocycles. The Morgan fingerprint density at radius 1 is 0.914 bits per heavy atom. The lowest BCUT2D eigenvalue weighted by atomic mass is 9.72. The maximum Gasteiger partial charge on any atom is 0.337 e. The van der Waals surface area contributed by atoms with Crippen molar-refractivity contribution in [3.05, 3.63) is 124 Å². The molecule has 0 radical (unpaired) electrons. The first kappa shape index (κ1) is 22.7. The molecular formula is C30H27NO4. The van der Waals surface area contributed by atoms with E-state index in [0.717, 1.165) is 22.4 Å². The van der Waals surface area contributed by atoms with Gasteiger partial charge in [0, 0.05) is 29.3 Å². The number of hydrogen-bond acceptors (Lipinski definition) is 5. The van der Waals surface area contributed by atoms with Gasteiger partial charge >= 0.3 is 5.97 Å². The van der Waals surface area contributed by atoms with Crippen LogP contribution < -0.4 is 5.32 Å². The van der Waals surface area contributed by atoms with Gasteiger partial charge in [-0.3, -0.25) is 4.79 Å². The van der Waals surface area contributed by atoms with Crippen LogP contribution in [0, 0.1) is 0 Å². The van der Waals surface area contributed by atoms with E-state index in [-0.39, 0.29) is 24.1 Å². The first-order valence-electron chi connectivity index (χ1n) is 11.8. The van der Waals surface area contributed by atoms with Crippen LogP contribution >= 0.6 is 0 Å². The predicted molar refractivity (Wildman–Crippen MR) is 133 cm³/mol. The van der Waals surface area contributed by atoms with Gasteiger partial charge in [0.2, 0.25) is 0 Å². The Hall–Kier alpha value is -4.12. The van der Waals surface area contributed by atoms with Crippen LogP contribution in [0.25, 0.3) is 0 Å². The number of ketones is 1. The molecule has 5 heteroatoms. The summed E-state index contributed by atoms with van der Waals surface area (Å²) in [5, 5.41) is 13.2. The fraction of sp³-hybridized carbons (Fsp3) is 0.200. The van der Waals surface area contributed by atoms with E-state index in [0.29, 0.717) is 29.7 Å². The summed E-state index contributed by atoms with van der Waals surface area (Å²) in [6.45, 7) is 2.00. The summed E-state index contributed by atoms with van der Waals surface area (Å²) in [4.78, 5) is 27.0. The highest BCUT2D eigenvalue weighted by atomic mass is 16.5. The number of ether oxygens (including phenoxy) is 1. The summed E-state index contributed by atoms with van der Waals surface area (Å²) < 4.78 is 5.70. The van der Waals surface area contributed by atoms with Crippen molar-refractivity contribution in [2.24, 2.45) is 0 Å². The van der Waals surface area contributed by atoms with E-state index in [2.05, 4.69) is 17.4 Å². The number of esters is 1. The van der Waals surface area contributed by atoms with Crippen molar-refractivity contribution in [1.29, 1.82) is 0 Å². The summed E-state index contributed by atoms with van der Waals surface area (Å²) >= 11 is 0. The van der Waals surface area contributed by atoms with Crippen molar-refractivity contribution in [1.82, 2.24) is 5.32 Å². The quantitative estimate of drug-likeness (QED) is 0.487. The predicted octanol–water partition coefficient (Wildman–Crippen LogP) is 5.50. The zero-order chi connectivity index (χ0) is 24.4. The number of phenolic OH excluding ortho intramolecular Hbond substituents is 1. The molecule has 0 amide bonds. The Morgan fingerprint density at radius 3 is 2.26 bits per heavy atom. The minimum Gasteiger partial charge on any atom is -0.508 e. The Labute approximate surface area is 204 Å². The zero-order valence-corrected chi connectivity index (χ0v) is 19.5. The molecule has 1 heterocycles. The Morgan fingerprint density at radius 2 is 1.57 bits per heavy atom. The van der Waals surface area contributed by atoms with Crippen LogP contribution in [-0.4, -0.2) is 16.9 Å². The molecule has 2 atom stereocenters. The summed E-state index contributed by atoms with van der Waals surface area (Å²) in [6.07, 6.45) is 1.06. The maximum atomic E-state index is 13.6. The maximum absolute atomic E-state index is 13.6. The lowest BCUT2D eigenvalue weighted by Gasteiger charge is -2.36. The number of Topliss-reactive ketones (excluding diaryl/α,β-unsaturated/α-hetero) is 1. The van der Waals surface area contributed by atoms with Gasteiger partial charge in [-0.25, -0.2) is 4.79 Å². The van der Waals surface area contributed by atoms with Crippen molar-refractivity contribution >= 4 is 11.8 Å². The number of dihydropyridines is 1. The number of rotatable bonds is 5. The van der Waals surface area contributed by atoms with Gasteiger partial charge in [-0.05, 0) is 48.1 Å². The molecule has 0 bridgehead atoms. The molecule has 5 nitrogen and oxygen atoms in total. The van der Waals surface area contributed by atoms with Gasteiger partial charge < -0.3 is 15.2 Å². The second-order valence-electron chi connectivity index (χ2n) is 9.08. The van der Waals surface area contributed by atoms with Crippen LogP contribution in [0.3, 0.4) is 0 Å². The number of benzene rings is 3. The van der Waals surface area contributed by atoms with E-state index < -0.39 is 11.9 Å². The largest absolute Gasteiger partial charge is 0.508 e. The number of phenols is 1. The Kier molecular flexibility index (Phi) is 6.23. The van der Waals surface area contributed by atoms with Crippen molar-refractivity contribution in [3.63, 3.8) is 0 Å². The van der Waals surface area contributed by atoms with E-state index in [9.17, 15) is 14.7 Å². The van der Waals surface area contributed by atoms with Gasteiger partial charge in [0.15, 0.2) is 5.78 Å². The first-order valence-corrected chi connectivity index (χ1v) is 11.8. The van der Waals surface area contributed by atoms with E-state index in [1.165, 1.54) is 0 Å². The molecule has 1 aliphatic heterocycles. The molecule has 3 aromatic rings. The SMILES string of the molecule is CC1=C(C(=O)OCc2ccccc2)[C@H](c2ccc(O)cc2)C2=C(C[C@H](c3ccccc3)CC2=O)N1. The monoisotopic (exact) mass is 465 g/mol. The molecule has 35 heavy (non-hydrogen) atoms. The molecule has 1 aliphatic carbocycles. The Balaban J connectivity index is 1.51. The van der Waals surface area contributed by atoms with Crippen molar-refractivity contribution < 1.29 is 19.4 Å². The second-order valence-corrected chi connectivity index (χ2v) is 9.08. The van der Waals surface area contributed by atoms with E-state index in [1.807, 2.05) is 55.5 Å². The van der Waals surface area contributed by atoms with Crippen molar-refractivity contribution in [2.45, 2.75) is 38.2 Å². The fourth-order valence-electron chi connectivity index (χ4n) is 5.07. The first-order chi connectivity index (χ1) is 17.0. The molecule has 0 unspecified atom stereocenters. The third-order valence-corrected chi connectivity index (χ3v) is 6.76. The lowest BCUT2D eigenvalue weighted by Crippen LogP contribution is -2.36. The van der Waals surface area contributed by atoms with Gasteiger partial charge in [-0.15, -0.1) is 0 Å². The molecule has 5 rings (SSSR count). The minimum atomic E-state index is -0.556. The number of carbonyl (C=O) groups excluding carboxylic acids is 2. The normalized spacial score (nSPS) is 19.7. The molecule has 2 aliphatic rings. The fourth-order valence-corrected chi connectivity index (χ4v) is 5.07. The molecule has 0 saturated heterocycles. The number of hydrogen-bond donors (Lipinski definition) is 2.